The van der Waals surface area contributed by atoms with Gasteiger partial charge >= 0.3 is 0 Å². The van der Waals surface area contributed by atoms with E-state index in [0.29, 0.717) is 12.0 Å². The van der Waals surface area contributed by atoms with Crippen LogP contribution in [0.3, 0.4) is 0 Å². The van der Waals surface area contributed by atoms with E-state index in [1.54, 1.807) is 7.11 Å². The molecule has 1 aliphatic rings. The van der Waals surface area contributed by atoms with Gasteiger partial charge in [-0.25, -0.2) is 0 Å². The molecule has 0 spiro atoms. The minimum Gasteiger partial charge on any atom is -0.381 e. The fraction of sp³-hybridized carbons (Fsp3) is 0.833. The van der Waals surface area contributed by atoms with E-state index >= 15 is 0 Å². The molecule has 4 nitrogen and oxygen atoms in total. The highest BCUT2D eigenvalue weighted by atomic mass is 16.5. The van der Waals surface area contributed by atoms with Gasteiger partial charge in [-0.3, -0.25) is 0 Å². The first-order chi connectivity index (χ1) is 7.46. The van der Waals surface area contributed by atoms with Gasteiger partial charge in [0, 0.05) is 24.8 Å². The molecule has 0 bridgehead atoms. The Hall–Kier alpha value is -0.900. The van der Waals surface area contributed by atoms with E-state index in [2.05, 4.69) is 31.3 Å². The molecule has 0 aliphatic heterocycles. The lowest BCUT2D eigenvalue weighted by atomic mass is 10.0. The fourth-order valence-electron chi connectivity index (χ4n) is 1.90. The molecule has 0 amide bonds. The molecule has 4 heteroatoms. The van der Waals surface area contributed by atoms with Gasteiger partial charge in [-0.1, -0.05) is 0 Å². The molecule has 0 aromatic heterocycles. The predicted octanol–water partition coefficient (Wildman–Crippen LogP) is 2.20. The summed E-state index contributed by atoms with van der Waals surface area (Å²) >= 11 is 0. The summed E-state index contributed by atoms with van der Waals surface area (Å²) in [6, 6.07) is 0. The summed E-state index contributed by atoms with van der Waals surface area (Å²) in [5, 5.41) is 11.8. The number of methoxy groups -OCH3 is 1. The second-order valence-electron chi connectivity index (χ2n) is 5.41. The molecular formula is C12H23N3O. The Morgan fingerprint density at radius 2 is 2.12 bits per heavy atom. The van der Waals surface area contributed by atoms with E-state index in [0.717, 1.165) is 25.0 Å². The van der Waals surface area contributed by atoms with E-state index in [-0.39, 0.29) is 5.54 Å². The van der Waals surface area contributed by atoms with Crippen LogP contribution in [0.2, 0.25) is 0 Å². The van der Waals surface area contributed by atoms with Crippen LogP contribution in [0.4, 0.5) is 0 Å². The Labute approximate surface area is 98.0 Å². The first kappa shape index (κ1) is 13.2. The Bertz CT molecular complexity index is 268. The van der Waals surface area contributed by atoms with Gasteiger partial charge in [-0.15, -0.1) is 0 Å². The highest BCUT2D eigenvalue weighted by Gasteiger charge is 2.27. The Balaban J connectivity index is 2.58. The molecule has 1 rings (SSSR count). The summed E-state index contributed by atoms with van der Waals surface area (Å²) < 4.78 is 5.33. The van der Waals surface area contributed by atoms with E-state index in [1.807, 2.05) is 0 Å². The van der Waals surface area contributed by atoms with Gasteiger partial charge < -0.3 is 15.6 Å². The molecular weight excluding hydrogens is 202 g/mol. The molecule has 0 radical (unpaired) electrons. The Kier molecular flexibility index (Phi) is 4.47. The number of hydrazone groups is 1. The van der Waals surface area contributed by atoms with Gasteiger partial charge in [-0.05, 0) is 40.0 Å². The highest BCUT2D eigenvalue weighted by molar-refractivity contribution is 6.30. The van der Waals surface area contributed by atoms with Crippen LogP contribution in [0.1, 0.15) is 40.0 Å². The summed E-state index contributed by atoms with van der Waals surface area (Å²) in [4.78, 5) is 0. The largest absolute Gasteiger partial charge is 0.381 e. The van der Waals surface area contributed by atoms with Crippen molar-refractivity contribution in [3.63, 3.8) is 0 Å². The zero-order valence-electron chi connectivity index (χ0n) is 10.7. The van der Waals surface area contributed by atoms with Crippen LogP contribution >= 0.6 is 0 Å². The monoisotopic (exact) mass is 225 g/mol. The first-order valence-corrected chi connectivity index (χ1v) is 5.84. The molecule has 0 saturated heterocycles. The quantitative estimate of drug-likeness (QED) is 0.569. The van der Waals surface area contributed by atoms with Crippen molar-refractivity contribution in [2.24, 2.45) is 11.0 Å². The van der Waals surface area contributed by atoms with Gasteiger partial charge in [0.05, 0.1) is 11.8 Å². The normalized spacial score (nSPS) is 26.9. The van der Waals surface area contributed by atoms with Crippen molar-refractivity contribution in [1.82, 2.24) is 5.43 Å². The molecule has 0 aromatic rings. The van der Waals surface area contributed by atoms with Crippen LogP contribution < -0.4 is 5.43 Å². The maximum Gasteiger partial charge on any atom is 0.0810 e. The van der Waals surface area contributed by atoms with Crippen molar-refractivity contribution >= 4 is 11.9 Å². The Morgan fingerprint density at radius 1 is 1.44 bits per heavy atom. The lowest BCUT2D eigenvalue weighted by Gasteiger charge is -2.19. The molecule has 2 unspecified atom stereocenters. The third-order valence-electron chi connectivity index (χ3n) is 2.80. The van der Waals surface area contributed by atoms with Gasteiger partial charge in [0.1, 0.15) is 0 Å². The third-order valence-corrected chi connectivity index (χ3v) is 2.80. The summed E-state index contributed by atoms with van der Waals surface area (Å²) in [5.74, 6) is 0.372. The standard InChI is InChI=1S/C12H23N3O/c1-12(2,3)15-14-11(8-13)9-5-6-10(7-9)16-4/h8-10,13,15H,5-7H2,1-4H3/b13-8?,14-11+. The summed E-state index contributed by atoms with van der Waals surface area (Å²) in [5.41, 5.74) is 3.87. The van der Waals surface area contributed by atoms with Crippen LogP contribution in [0, 0.1) is 11.3 Å². The predicted molar refractivity (Wildman–Crippen MR) is 67.2 cm³/mol. The van der Waals surface area contributed by atoms with E-state index in [4.69, 9.17) is 10.1 Å². The van der Waals surface area contributed by atoms with Crippen molar-refractivity contribution < 1.29 is 4.74 Å². The SMILES string of the molecule is COC1CCC(/C(C=N)=N/NC(C)(C)C)C1. The third kappa shape index (κ3) is 3.93. The van der Waals surface area contributed by atoms with Crippen molar-refractivity contribution in [3.8, 4) is 0 Å². The fourth-order valence-corrected chi connectivity index (χ4v) is 1.90. The molecule has 2 atom stereocenters. The smallest absolute Gasteiger partial charge is 0.0810 e. The minimum absolute atomic E-state index is 0.0481. The van der Waals surface area contributed by atoms with Crippen molar-refractivity contribution in [3.05, 3.63) is 0 Å². The Morgan fingerprint density at radius 3 is 2.56 bits per heavy atom. The van der Waals surface area contributed by atoms with Crippen LogP contribution in [0.25, 0.3) is 0 Å². The molecule has 1 aliphatic carbocycles. The average Bonchev–Trinajstić information content (AvgIpc) is 2.65. The van der Waals surface area contributed by atoms with Crippen LogP contribution in [-0.4, -0.2) is 30.7 Å². The van der Waals surface area contributed by atoms with Crippen LogP contribution in [-0.2, 0) is 4.74 Å². The van der Waals surface area contributed by atoms with Crippen LogP contribution in [0.5, 0.6) is 0 Å². The molecule has 2 N–H and O–H groups in total. The lowest BCUT2D eigenvalue weighted by Crippen LogP contribution is -2.33. The molecule has 0 heterocycles. The molecule has 16 heavy (non-hydrogen) atoms. The number of nitrogens with zero attached hydrogens (tertiary/aromatic N) is 1. The number of nitrogens with one attached hydrogen (secondary N) is 2. The van der Waals surface area contributed by atoms with Crippen molar-refractivity contribution in [1.29, 1.82) is 5.41 Å². The molecule has 0 aromatic carbocycles. The number of ether oxygens (including phenoxy) is 1. The van der Waals surface area contributed by atoms with E-state index in [1.165, 1.54) is 6.21 Å². The zero-order chi connectivity index (χ0) is 12.2. The molecule has 92 valence electrons. The minimum atomic E-state index is -0.0481. The van der Waals surface area contributed by atoms with Gasteiger partial charge in [0.2, 0.25) is 0 Å². The average molecular weight is 225 g/mol. The van der Waals surface area contributed by atoms with E-state index in [9.17, 15) is 0 Å². The zero-order valence-corrected chi connectivity index (χ0v) is 10.7. The maximum absolute atomic E-state index is 7.42. The van der Waals surface area contributed by atoms with Gasteiger partial charge in [0.25, 0.3) is 0 Å². The molecule has 1 fully saturated rings. The molecule has 1 saturated carbocycles. The van der Waals surface area contributed by atoms with Crippen molar-refractivity contribution in [2.75, 3.05) is 7.11 Å². The van der Waals surface area contributed by atoms with E-state index < -0.39 is 0 Å². The first-order valence-electron chi connectivity index (χ1n) is 5.84. The summed E-state index contributed by atoms with van der Waals surface area (Å²) in [7, 11) is 1.75. The number of hydrogen-bond acceptors (Lipinski definition) is 4. The van der Waals surface area contributed by atoms with Crippen LogP contribution in [0.15, 0.2) is 5.10 Å². The van der Waals surface area contributed by atoms with Crippen molar-refractivity contribution in [2.45, 2.75) is 51.7 Å². The summed E-state index contributed by atoms with van der Waals surface area (Å²) in [6.45, 7) is 6.18. The highest BCUT2D eigenvalue weighted by Crippen LogP contribution is 2.28. The lowest BCUT2D eigenvalue weighted by molar-refractivity contribution is 0.107. The van der Waals surface area contributed by atoms with Gasteiger partial charge in [-0.2, -0.15) is 5.10 Å². The number of hydrogen-bond donors (Lipinski definition) is 2. The maximum atomic E-state index is 7.42. The topological polar surface area (TPSA) is 57.5 Å². The second kappa shape index (κ2) is 5.43. The van der Waals surface area contributed by atoms with Gasteiger partial charge in [0.15, 0.2) is 0 Å². The summed E-state index contributed by atoms with van der Waals surface area (Å²) in [6.07, 6.45) is 4.82. The number of rotatable bonds is 4. The second-order valence-corrected chi connectivity index (χ2v) is 5.41.